The van der Waals surface area contributed by atoms with Crippen LogP contribution in [-0.4, -0.2) is 59.0 Å². The van der Waals surface area contributed by atoms with Crippen molar-refractivity contribution in [2.75, 3.05) is 33.7 Å². The van der Waals surface area contributed by atoms with E-state index in [2.05, 4.69) is 15.6 Å². The maximum atomic E-state index is 12.2. The Morgan fingerprint density at radius 2 is 2.05 bits per heavy atom. The summed E-state index contributed by atoms with van der Waals surface area (Å²) in [4.78, 5) is 20.7. The van der Waals surface area contributed by atoms with E-state index in [4.69, 9.17) is 0 Å². The number of fused-ring (bicyclic) bond motifs is 3. The molecular weight excluding hydrogens is 252 g/mol. The molecule has 1 aromatic heterocycles. The third-order valence-corrected chi connectivity index (χ3v) is 3.74. The molecule has 0 unspecified atom stereocenters. The van der Waals surface area contributed by atoms with Gasteiger partial charge in [0.2, 0.25) is 5.91 Å². The number of para-hydroxylation sites is 2. The number of carbonyl (C=O) groups is 1. The first-order chi connectivity index (χ1) is 9.65. The molecule has 0 radical (unpaired) electrons. The van der Waals surface area contributed by atoms with Crippen molar-refractivity contribution in [3.63, 3.8) is 0 Å². The lowest BCUT2D eigenvalue weighted by atomic mass is 10.3. The second-order valence-corrected chi connectivity index (χ2v) is 5.54. The van der Waals surface area contributed by atoms with Crippen molar-refractivity contribution in [2.24, 2.45) is 0 Å². The van der Waals surface area contributed by atoms with Crippen molar-refractivity contribution in [1.82, 2.24) is 19.4 Å². The van der Waals surface area contributed by atoms with Crippen molar-refractivity contribution in [2.45, 2.75) is 13.0 Å². The normalized spacial score (nSPS) is 15.4. The van der Waals surface area contributed by atoms with E-state index in [0.717, 1.165) is 37.4 Å². The van der Waals surface area contributed by atoms with Gasteiger partial charge in [0.15, 0.2) is 0 Å². The van der Waals surface area contributed by atoms with Crippen molar-refractivity contribution in [3.05, 3.63) is 30.1 Å². The van der Waals surface area contributed by atoms with Crippen LogP contribution in [0.25, 0.3) is 11.0 Å². The predicted octanol–water partition coefficient (Wildman–Crippen LogP) is 0.983. The molecule has 2 aromatic rings. The van der Waals surface area contributed by atoms with Crippen molar-refractivity contribution < 1.29 is 4.79 Å². The topological polar surface area (TPSA) is 41.4 Å². The van der Waals surface area contributed by atoms with Gasteiger partial charge in [-0.15, -0.1) is 0 Å². The van der Waals surface area contributed by atoms with Crippen LogP contribution >= 0.6 is 0 Å². The van der Waals surface area contributed by atoms with Gasteiger partial charge in [0.1, 0.15) is 5.82 Å². The Morgan fingerprint density at radius 1 is 1.25 bits per heavy atom. The zero-order chi connectivity index (χ0) is 14.1. The number of hydrogen-bond donors (Lipinski definition) is 0. The van der Waals surface area contributed by atoms with Crippen LogP contribution < -0.4 is 0 Å². The van der Waals surface area contributed by atoms with Gasteiger partial charge >= 0.3 is 0 Å². The Hall–Kier alpha value is -1.88. The van der Waals surface area contributed by atoms with E-state index in [9.17, 15) is 4.79 Å². The molecular formula is C15H20N4O. The van der Waals surface area contributed by atoms with E-state index in [1.165, 1.54) is 5.52 Å². The molecule has 1 amide bonds. The Kier molecular flexibility index (Phi) is 3.44. The lowest BCUT2D eigenvalue weighted by Crippen LogP contribution is -2.39. The Labute approximate surface area is 118 Å². The molecule has 5 nitrogen and oxygen atoms in total. The van der Waals surface area contributed by atoms with Gasteiger partial charge in [-0.1, -0.05) is 12.1 Å². The summed E-state index contributed by atoms with van der Waals surface area (Å²) in [5.74, 6) is 1.29. The first-order valence-electron chi connectivity index (χ1n) is 7.02. The second kappa shape index (κ2) is 5.25. The first kappa shape index (κ1) is 13.1. The minimum Gasteiger partial charge on any atom is -0.339 e. The smallest absolute Gasteiger partial charge is 0.236 e. The molecule has 0 bridgehead atoms. The number of carbonyl (C=O) groups excluding carboxylic acids is 1. The zero-order valence-electron chi connectivity index (χ0n) is 12.0. The lowest BCUT2D eigenvalue weighted by molar-refractivity contribution is -0.131. The predicted molar refractivity (Wildman–Crippen MR) is 78.6 cm³/mol. The largest absolute Gasteiger partial charge is 0.339 e. The van der Waals surface area contributed by atoms with Crippen LogP contribution in [0, 0.1) is 0 Å². The van der Waals surface area contributed by atoms with Gasteiger partial charge in [-0.25, -0.2) is 4.98 Å². The third kappa shape index (κ3) is 2.41. The summed E-state index contributed by atoms with van der Waals surface area (Å²) < 4.78 is 2.25. The van der Waals surface area contributed by atoms with E-state index >= 15 is 0 Å². The van der Waals surface area contributed by atoms with Crippen LogP contribution in [0.5, 0.6) is 0 Å². The number of imidazole rings is 1. The SMILES string of the molecule is CN(C)CC(=O)N1CCc2nc3ccccc3n2CC1. The van der Waals surface area contributed by atoms with Crippen LogP contribution in [0.1, 0.15) is 5.82 Å². The maximum Gasteiger partial charge on any atom is 0.236 e. The molecule has 1 aromatic carbocycles. The highest BCUT2D eigenvalue weighted by atomic mass is 16.2. The Balaban J connectivity index is 1.80. The number of benzene rings is 1. The molecule has 1 aliphatic rings. The molecule has 106 valence electrons. The summed E-state index contributed by atoms with van der Waals surface area (Å²) in [5.41, 5.74) is 2.22. The van der Waals surface area contributed by atoms with E-state index in [1.54, 1.807) is 0 Å². The maximum absolute atomic E-state index is 12.2. The van der Waals surface area contributed by atoms with Crippen molar-refractivity contribution >= 4 is 16.9 Å². The average Bonchev–Trinajstić information content (AvgIpc) is 2.62. The molecule has 0 N–H and O–H groups in total. The Morgan fingerprint density at radius 3 is 2.85 bits per heavy atom. The summed E-state index contributed by atoms with van der Waals surface area (Å²) in [6, 6.07) is 8.20. The Bertz CT molecular complexity index is 632. The number of rotatable bonds is 2. The van der Waals surface area contributed by atoms with Gasteiger partial charge < -0.3 is 14.4 Å². The number of amides is 1. The quantitative estimate of drug-likeness (QED) is 0.818. The molecule has 3 rings (SSSR count). The summed E-state index contributed by atoms with van der Waals surface area (Å²) in [5, 5.41) is 0. The van der Waals surface area contributed by atoms with Gasteiger partial charge in [-0.2, -0.15) is 0 Å². The van der Waals surface area contributed by atoms with E-state index in [-0.39, 0.29) is 5.91 Å². The van der Waals surface area contributed by atoms with Crippen LogP contribution in [0.2, 0.25) is 0 Å². The summed E-state index contributed by atoms with van der Waals surface area (Å²) >= 11 is 0. The van der Waals surface area contributed by atoms with Gasteiger partial charge in [-0.3, -0.25) is 4.79 Å². The van der Waals surface area contributed by atoms with E-state index in [1.807, 2.05) is 42.1 Å². The fourth-order valence-electron chi connectivity index (χ4n) is 2.75. The fourth-order valence-corrected chi connectivity index (χ4v) is 2.75. The fraction of sp³-hybridized carbons (Fsp3) is 0.467. The third-order valence-electron chi connectivity index (χ3n) is 3.74. The summed E-state index contributed by atoms with van der Waals surface area (Å²) in [6.07, 6.45) is 0.827. The van der Waals surface area contributed by atoms with Crippen LogP contribution in [0.3, 0.4) is 0 Å². The van der Waals surface area contributed by atoms with Crippen LogP contribution in [0.4, 0.5) is 0 Å². The number of hydrogen-bond acceptors (Lipinski definition) is 3. The number of nitrogens with zero attached hydrogens (tertiary/aromatic N) is 4. The average molecular weight is 272 g/mol. The van der Waals surface area contributed by atoms with Crippen LogP contribution in [0.15, 0.2) is 24.3 Å². The van der Waals surface area contributed by atoms with Crippen molar-refractivity contribution in [3.8, 4) is 0 Å². The molecule has 5 heteroatoms. The molecule has 0 spiro atoms. The molecule has 1 aliphatic heterocycles. The van der Waals surface area contributed by atoms with Gasteiger partial charge in [0.05, 0.1) is 17.6 Å². The highest BCUT2D eigenvalue weighted by Crippen LogP contribution is 2.18. The van der Waals surface area contributed by atoms with Gasteiger partial charge in [0.25, 0.3) is 0 Å². The molecule has 0 saturated heterocycles. The summed E-state index contributed by atoms with van der Waals surface area (Å²) in [7, 11) is 3.85. The van der Waals surface area contributed by atoms with Crippen LogP contribution in [-0.2, 0) is 17.8 Å². The summed E-state index contributed by atoms with van der Waals surface area (Å²) in [6.45, 7) is 2.83. The highest BCUT2D eigenvalue weighted by Gasteiger charge is 2.20. The molecule has 0 fully saturated rings. The lowest BCUT2D eigenvalue weighted by Gasteiger charge is -2.22. The molecule has 2 heterocycles. The monoisotopic (exact) mass is 272 g/mol. The molecule has 0 aliphatic carbocycles. The van der Waals surface area contributed by atoms with E-state index < -0.39 is 0 Å². The highest BCUT2D eigenvalue weighted by molar-refractivity contribution is 5.79. The van der Waals surface area contributed by atoms with Gasteiger partial charge in [-0.05, 0) is 26.2 Å². The minimum atomic E-state index is 0.199. The zero-order valence-corrected chi connectivity index (χ0v) is 12.0. The second-order valence-electron chi connectivity index (χ2n) is 5.54. The van der Waals surface area contributed by atoms with Crippen molar-refractivity contribution in [1.29, 1.82) is 0 Å². The molecule has 0 saturated carbocycles. The number of aromatic nitrogens is 2. The number of likely N-dealkylation sites (N-methyl/N-ethyl adjacent to an activating group) is 1. The van der Waals surface area contributed by atoms with E-state index in [0.29, 0.717) is 6.54 Å². The standard InChI is InChI=1S/C15H20N4O/c1-17(2)11-15(20)18-8-7-14-16-12-5-3-4-6-13(12)19(14)10-9-18/h3-6H,7-11H2,1-2H3. The minimum absolute atomic E-state index is 0.199. The molecule has 20 heavy (non-hydrogen) atoms. The van der Waals surface area contributed by atoms with Gasteiger partial charge in [0, 0.05) is 26.1 Å². The molecule has 0 atom stereocenters. The first-order valence-corrected chi connectivity index (χ1v) is 7.02.